The first-order valence-corrected chi connectivity index (χ1v) is 7.33. The molecule has 0 saturated carbocycles. The summed E-state index contributed by atoms with van der Waals surface area (Å²) in [6.07, 6.45) is 1.18. The van der Waals surface area contributed by atoms with E-state index in [1.807, 2.05) is 6.07 Å². The van der Waals surface area contributed by atoms with E-state index >= 15 is 0 Å². The molecule has 4 heteroatoms. The van der Waals surface area contributed by atoms with E-state index in [4.69, 9.17) is 0 Å². The Morgan fingerprint density at radius 3 is 2.95 bits per heavy atom. The Bertz CT molecular complexity index is 610. The number of hydrogen-bond donors (Lipinski definition) is 1. The molecule has 1 N–H and O–H groups in total. The molecule has 2 heterocycles. The zero-order chi connectivity index (χ0) is 14.1. The van der Waals surface area contributed by atoms with Crippen LogP contribution in [-0.4, -0.2) is 35.6 Å². The summed E-state index contributed by atoms with van der Waals surface area (Å²) in [4.78, 5) is 2.46. The molecule has 108 valence electrons. The van der Waals surface area contributed by atoms with Crippen LogP contribution in [0.25, 0.3) is 10.9 Å². The number of benzene rings is 1. The largest absolute Gasteiger partial charge is 0.348 e. The van der Waals surface area contributed by atoms with E-state index < -0.39 is 0 Å². The predicted octanol–water partition coefficient (Wildman–Crippen LogP) is 2.42. The molecule has 3 rings (SSSR count). The summed E-state index contributed by atoms with van der Waals surface area (Å²) < 4.78 is 15.7. The molecule has 1 aliphatic heterocycles. The van der Waals surface area contributed by atoms with Crippen LogP contribution in [0, 0.1) is 12.7 Å². The lowest BCUT2D eigenvalue weighted by molar-refractivity contribution is 0.284. The molecule has 1 aliphatic rings. The van der Waals surface area contributed by atoms with Crippen molar-refractivity contribution in [2.75, 3.05) is 26.2 Å². The maximum atomic E-state index is 13.6. The van der Waals surface area contributed by atoms with E-state index in [0.29, 0.717) is 0 Å². The number of halogens is 1. The highest BCUT2D eigenvalue weighted by Crippen LogP contribution is 2.27. The van der Waals surface area contributed by atoms with Gasteiger partial charge in [-0.15, -0.1) is 0 Å². The highest BCUT2D eigenvalue weighted by Gasteiger charge is 2.16. The fraction of sp³-hybridized carbons (Fsp3) is 0.500. The Kier molecular flexibility index (Phi) is 3.76. The van der Waals surface area contributed by atoms with E-state index in [0.717, 1.165) is 43.6 Å². The normalized spacial score (nSPS) is 17.6. The highest BCUT2D eigenvalue weighted by molar-refractivity contribution is 5.85. The topological polar surface area (TPSA) is 20.2 Å². The minimum Gasteiger partial charge on any atom is -0.348 e. The van der Waals surface area contributed by atoms with Gasteiger partial charge in [-0.1, -0.05) is 0 Å². The Morgan fingerprint density at radius 1 is 1.25 bits per heavy atom. The van der Waals surface area contributed by atoms with Crippen LogP contribution in [0.15, 0.2) is 18.2 Å². The molecule has 0 unspecified atom stereocenters. The molecular weight excluding hydrogens is 253 g/mol. The smallest absolute Gasteiger partial charge is 0.123 e. The first-order valence-electron chi connectivity index (χ1n) is 7.33. The zero-order valence-corrected chi connectivity index (χ0v) is 12.2. The van der Waals surface area contributed by atoms with Crippen molar-refractivity contribution in [3.63, 3.8) is 0 Å². The third kappa shape index (κ3) is 2.45. The standard InChI is InChI=1S/C16H22FN3/c1-12-15(11-20-8-3-6-18-7-9-20)14-10-13(17)4-5-16(14)19(12)2/h4-5,10,18H,3,6-9,11H2,1-2H3. The van der Waals surface area contributed by atoms with Crippen LogP contribution < -0.4 is 5.32 Å². The fourth-order valence-electron chi connectivity index (χ4n) is 3.10. The lowest BCUT2D eigenvalue weighted by atomic mass is 10.1. The Hall–Kier alpha value is -1.39. The van der Waals surface area contributed by atoms with Crippen LogP contribution in [-0.2, 0) is 13.6 Å². The van der Waals surface area contributed by atoms with Crippen molar-refractivity contribution >= 4 is 10.9 Å². The number of nitrogens with one attached hydrogen (secondary N) is 1. The average Bonchev–Trinajstić information content (AvgIpc) is 2.66. The molecule has 0 aliphatic carbocycles. The first-order chi connectivity index (χ1) is 9.66. The molecule has 0 radical (unpaired) electrons. The van der Waals surface area contributed by atoms with Gasteiger partial charge in [0.1, 0.15) is 5.82 Å². The van der Waals surface area contributed by atoms with Gasteiger partial charge in [0, 0.05) is 43.3 Å². The third-order valence-corrected chi connectivity index (χ3v) is 4.40. The van der Waals surface area contributed by atoms with Crippen LogP contribution in [0.3, 0.4) is 0 Å². The molecule has 20 heavy (non-hydrogen) atoms. The molecule has 2 aromatic rings. The number of fused-ring (bicyclic) bond motifs is 1. The zero-order valence-electron chi connectivity index (χ0n) is 12.2. The van der Waals surface area contributed by atoms with Crippen molar-refractivity contribution in [3.05, 3.63) is 35.3 Å². The molecule has 1 aromatic carbocycles. The molecular formula is C16H22FN3. The van der Waals surface area contributed by atoms with Crippen molar-refractivity contribution in [2.24, 2.45) is 7.05 Å². The average molecular weight is 275 g/mol. The molecule has 0 spiro atoms. The molecule has 0 amide bonds. The van der Waals surface area contributed by atoms with E-state index in [1.54, 1.807) is 12.1 Å². The molecule has 1 fully saturated rings. The lowest BCUT2D eigenvalue weighted by Gasteiger charge is -2.19. The summed E-state index contributed by atoms with van der Waals surface area (Å²) in [5, 5.41) is 4.48. The second-order valence-electron chi connectivity index (χ2n) is 5.66. The lowest BCUT2D eigenvalue weighted by Crippen LogP contribution is -2.27. The third-order valence-electron chi connectivity index (χ3n) is 4.40. The first kappa shape index (κ1) is 13.6. The summed E-state index contributed by atoms with van der Waals surface area (Å²) in [5.74, 6) is -0.151. The van der Waals surface area contributed by atoms with Crippen molar-refractivity contribution in [3.8, 4) is 0 Å². The van der Waals surface area contributed by atoms with Gasteiger partial charge in [0.05, 0.1) is 0 Å². The summed E-state index contributed by atoms with van der Waals surface area (Å²) in [6, 6.07) is 5.10. The quantitative estimate of drug-likeness (QED) is 0.908. The molecule has 3 nitrogen and oxygen atoms in total. The van der Waals surface area contributed by atoms with Gasteiger partial charge in [-0.3, -0.25) is 4.90 Å². The summed E-state index contributed by atoms with van der Waals surface area (Å²) >= 11 is 0. The van der Waals surface area contributed by atoms with Crippen LogP contribution in [0.5, 0.6) is 0 Å². The van der Waals surface area contributed by atoms with Crippen molar-refractivity contribution in [2.45, 2.75) is 19.9 Å². The van der Waals surface area contributed by atoms with Gasteiger partial charge in [0.15, 0.2) is 0 Å². The maximum Gasteiger partial charge on any atom is 0.123 e. The maximum absolute atomic E-state index is 13.6. The Labute approximate surface area is 119 Å². The van der Waals surface area contributed by atoms with Crippen molar-refractivity contribution < 1.29 is 4.39 Å². The molecule has 1 aromatic heterocycles. The van der Waals surface area contributed by atoms with Crippen molar-refractivity contribution in [1.82, 2.24) is 14.8 Å². The van der Waals surface area contributed by atoms with E-state index in [9.17, 15) is 4.39 Å². The second-order valence-corrected chi connectivity index (χ2v) is 5.66. The Morgan fingerprint density at radius 2 is 2.10 bits per heavy atom. The van der Waals surface area contributed by atoms with Gasteiger partial charge >= 0.3 is 0 Å². The number of aromatic nitrogens is 1. The second kappa shape index (κ2) is 5.54. The van der Waals surface area contributed by atoms with E-state index in [1.165, 1.54) is 17.7 Å². The molecule has 1 saturated heterocycles. The minimum absolute atomic E-state index is 0.151. The summed E-state index contributed by atoms with van der Waals surface area (Å²) in [7, 11) is 2.06. The van der Waals surface area contributed by atoms with Gasteiger partial charge in [-0.2, -0.15) is 0 Å². The summed E-state index contributed by atoms with van der Waals surface area (Å²) in [5.41, 5.74) is 3.62. The van der Waals surface area contributed by atoms with Gasteiger partial charge in [-0.25, -0.2) is 4.39 Å². The van der Waals surface area contributed by atoms with Crippen LogP contribution >= 0.6 is 0 Å². The van der Waals surface area contributed by atoms with E-state index in [2.05, 4.69) is 28.8 Å². The Balaban J connectivity index is 1.97. The monoisotopic (exact) mass is 275 g/mol. The van der Waals surface area contributed by atoms with Gasteiger partial charge in [-0.05, 0) is 50.2 Å². The number of nitrogens with zero attached hydrogens (tertiary/aromatic N) is 2. The number of aryl methyl sites for hydroxylation is 1. The summed E-state index contributed by atoms with van der Waals surface area (Å²) in [6.45, 7) is 7.35. The predicted molar refractivity (Wildman–Crippen MR) is 80.4 cm³/mol. The van der Waals surface area contributed by atoms with E-state index in [-0.39, 0.29) is 5.82 Å². The fourth-order valence-corrected chi connectivity index (χ4v) is 3.10. The van der Waals surface area contributed by atoms with Crippen LogP contribution in [0.1, 0.15) is 17.7 Å². The molecule has 0 bridgehead atoms. The van der Waals surface area contributed by atoms with Crippen LogP contribution in [0.4, 0.5) is 4.39 Å². The minimum atomic E-state index is -0.151. The van der Waals surface area contributed by atoms with Gasteiger partial charge < -0.3 is 9.88 Å². The highest BCUT2D eigenvalue weighted by atomic mass is 19.1. The van der Waals surface area contributed by atoms with Crippen molar-refractivity contribution in [1.29, 1.82) is 0 Å². The SMILES string of the molecule is Cc1c(CN2CCCNCC2)c2cc(F)ccc2n1C. The van der Waals surface area contributed by atoms with Gasteiger partial charge in [0.25, 0.3) is 0 Å². The molecule has 0 atom stereocenters. The van der Waals surface area contributed by atoms with Crippen LogP contribution in [0.2, 0.25) is 0 Å². The number of rotatable bonds is 2. The van der Waals surface area contributed by atoms with Gasteiger partial charge in [0.2, 0.25) is 0 Å². The number of hydrogen-bond acceptors (Lipinski definition) is 2.